The number of hydrogen-bond acceptors (Lipinski definition) is 4. The van der Waals surface area contributed by atoms with Gasteiger partial charge in [0.2, 0.25) is 5.91 Å². The molecular weight excluding hydrogens is 300 g/mol. The molecule has 7 heteroatoms. The number of carbonyl (C=O) groups excluding carboxylic acids is 2. The monoisotopic (exact) mass is 324 g/mol. The normalized spacial score (nSPS) is 18.3. The van der Waals surface area contributed by atoms with Crippen LogP contribution < -0.4 is 11.1 Å². The van der Waals surface area contributed by atoms with Gasteiger partial charge in [0.1, 0.15) is 0 Å². The number of nitrogens with two attached hydrogens (primary N) is 1. The molecule has 2 rings (SSSR count). The molecule has 0 bridgehead atoms. The summed E-state index contributed by atoms with van der Waals surface area (Å²) in [5, 5.41) is 4.09. The van der Waals surface area contributed by atoms with Crippen molar-refractivity contribution in [1.82, 2.24) is 15.2 Å². The molecule has 1 atom stereocenters. The van der Waals surface area contributed by atoms with Crippen LogP contribution in [0, 0.1) is 19.8 Å². The minimum absolute atomic E-state index is 0.0254. The molecule has 22 heavy (non-hydrogen) atoms. The first-order chi connectivity index (χ1) is 10.5. The van der Waals surface area contributed by atoms with Gasteiger partial charge in [-0.3, -0.25) is 4.79 Å². The quantitative estimate of drug-likeness (QED) is 0.806. The van der Waals surface area contributed by atoms with Crippen LogP contribution in [-0.4, -0.2) is 41.5 Å². The first kappa shape index (κ1) is 16.7. The van der Waals surface area contributed by atoms with Crippen LogP contribution in [0.2, 0.25) is 0 Å². The van der Waals surface area contributed by atoms with Crippen molar-refractivity contribution in [2.75, 3.05) is 19.6 Å². The number of rotatable bonds is 5. The van der Waals surface area contributed by atoms with Crippen molar-refractivity contribution in [3.05, 3.63) is 15.6 Å². The Balaban J connectivity index is 1.70. The topological polar surface area (TPSA) is 88.3 Å². The number of thiazole rings is 1. The zero-order valence-corrected chi connectivity index (χ0v) is 14.0. The molecule has 1 saturated heterocycles. The van der Waals surface area contributed by atoms with Crippen molar-refractivity contribution in [3.63, 3.8) is 0 Å². The maximum atomic E-state index is 12.1. The molecule has 0 radical (unpaired) electrons. The highest BCUT2D eigenvalue weighted by atomic mass is 32.1. The molecule has 6 nitrogen and oxygen atoms in total. The highest BCUT2D eigenvalue weighted by molar-refractivity contribution is 7.11. The molecule has 0 saturated carbocycles. The van der Waals surface area contributed by atoms with E-state index in [4.69, 9.17) is 5.73 Å². The maximum Gasteiger partial charge on any atom is 0.314 e. The van der Waals surface area contributed by atoms with Crippen LogP contribution in [-0.2, 0) is 11.2 Å². The van der Waals surface area contributed by atoms with Gasteiger partial charge >= 0.3 is 6.03 Å². The molecule has 0 spiro atoms. The number of nitrogens with zero attached hydrogens (tertiary/aromatic N) is 2. The molecule has 0 unspecified atom stereocenters. The number of piperidine rings is 1. The van der Waals surface area contributed by atoms with E-state index >= 15 is 0 Å². The second-order valence-electron chi connectivity index (χ2n) is 5.77. The zero-order valence-electron chi connectivity index (χ0n) is 13.2. The summed E-state index contributed by atoms with van der Waals surface area (Å²) in [6.07, 6.45) is 3.42. The van der Waals surface area contributed by atoms with E-state index in [0.29, 0.717) is 19.6 Å². The van der Waals surface area contributed by atoms with Gasteiger partial charge in [-0.2, -0.15) is 0 Å². The summed E-state index contributed by atoms with van der Waals surface area (Å²) in [5.74, 6) is -0.108. The van der Waals surface area contributed by atoms with Crippen molar-refractivity contribution in [2.45, 2.75) is 39.5 Å². The fraction of sp³-hybridized carbons (Fsp3) is 0.667. The van der Waals surface area contributed by atoms with Crippen molar-refractivity contribution >= 4 is 23.3 Å². The molecule has 1 fully saturated rings. The summed E-state index contributed by atoms with van der Waals surface area (Å²) < 4.78 is 0. The van der Waals surface area contributed by atoms with Gasteiger partial charge in [0.05, 0.1) is 16.6 Å². The second kappa shape index (κ2) is 7.58. The Kier molecular flexibility index (Phi) is 5.76. The van der Waals surface area contributed by atoms with Gasteiger partial charge in [-0.05, 0) is 33.1 Å². The minimum atomic E-state index is -0.438. The summed E-state index contributed by atoms with van der Waals surface area (Å²) in [7, 11) is 0. The molecule has 1 aromatic rings. The van der Waals surface area contributed by atoms with E-state index in [1.165, 1.54) is 4.88 Å². The number of amides is 3. The third-order valence-corrected chi connectivity index (χ3v) is 5.18. The Labute approximate surface area is 135 Å². The number of urea groups is 1. The van der Waals surface area contributed by atoms with Crippen LogP contribution in [0.5, 0.6) is 0 Å². The molecule has 2 heterocycles. The van der Waals surface area contributed by atoms with Crippen LogP contribution >= 0.6 is 11.3 Å². The second-order valence-corrected chi connectivity index (χ2v) is 7.05. The van der Waals surface area contributed by atoms with E-state index in [1.807, 2.05) is 6.92 Å². The number of primary amides is 1. The first-order valence-corrected chi connectivity index (χ1v) is 8.54. The summed E-state index contributed by atoms with van der Waals surface area (Å²) in [6.45, 7) is 5.83. The van der Waals surface area contributed by atoms with E-state index in [0.717, 1.165) is 36.4 Å². The molecule has 3 N–H and O–H groups in total. The minimum Gasteiger partial charge on any atom is -0.356 e. The van der Waals surface area contributed by atoms with E-state index in [9.17, 15) is 9.59 Å². The van der Waals surface area contributed by atoms with E-state index < -0.39 is 6.03 Å². The molecule has 1 aliphatic rings. The number of carbonyl (C=O) groups is 2. The lowest BCUT2D eigenvalue weighted by Gasteiger charge is -2.30. The molecule has 0 aromatic carbocycles. The SMILES string of the molecule is Cc1nc(CCCNC(=O)[C@H]2CCCN(C(N)=O)C2)sc1C. The lowest BCUT2D eigenvalue weighted by molar-refractivity contribution is -0.126. The number of likely N-dealkylation sites (tertiary alicyclic amines) is 1. The zero-order chi connectivity index (χ0) is 16.1. The summed E-state index contributed by atoms with van der Waals surface area (Å²) in [4.78, 5) is 30.6. The van der Waals surface area contributed by atoms with Crippen molar-refractivity contribution < 1.29 is 9.59 Å². The molecule has 1 aliphatic heterocycles. The van der Waals surface area contributed by atoms with Crippen LogP contribution in [0.4, 0.5) is 4.79 Å². The predicted octanol–water partition coefficient (Wildman–Crippen LogP) is 1.60. The van der Waals surface area contributed by atoms with E-state index in [2.05, 4.69) is 17.2 Å². The van der Waals surface area contributed by atoms with Crippen molar-refractivity contribution in [2.24, 2.45) is 11.7 Å². The average Bonchev–Trinajstić information content (AvgIpc) is 2.82. The molecular formula is C15H24N4O2S. The lowest BCUT2D eigenvalue weighted by atomic mass is 9.97. The number of aryl methyl sites for hydroxylation is 3. The van der Waals surface area contributed by atoms with Gasteiger partial charge in [-0.15, -0.1) is 11.3 Å². The Bertz CT molecular complexity index is 524. The van der Waals surface area contributed by atoms with Gasteiger partial charge in [-0.25, -0.2) is 9.78 Å². The summed E-state index contributed by atoms with van der Waals surface area (Å²) in [5.41, 5.74) is 6.37. The Morgan fingerprint density at radius 2 is 2.23 bits per heavy atom. The highest BCUT2D eigenvalue weighted by Crippen LogP contribution is 2.18. The van der Waals surface area contributed by atoms with E-state index in [-0.39, 0.29) is 11.8 Å². The third kappa shape index (κ3) is 4.43. The average molecular weight is 324 g/mol. The molecule has 3 amide bonds. The van der Waals surface area contributed by atoms with Crippen LogP contribution in [0.25, 0.3) is 0 Å². The summed E-state index contributed by atoms with van der Waals surface area (Å²) in [6, 6.07) is -0.438. The Morgan fingerprint density at radius 3 is 2.86 bits per heavy atom. The maximum absolute atomic E-state index is 12.1. The molecule has 122 valence electrons. The Hall–Kier alpha value is -1.63. The number of hydrogen-bond donors (Lipinski definition) is 2. The predicted molar refractivity (Wildman–Crippen MR) is 86.8 cm³/mol. The highest BCUT2D eigenvalue weighted by Gasteiger charge is 2.27. The van der Waals surface area contributed by atoms with Gasteiger partial charge in [0, 0.05) is 30.9 Å². The van der Waals surface area contributed by atoms with Gasteiger partial charge < -0.3 is 16.0 Å². The van der Waals surface area contributed by atoms with Crippen molar-refractivity contribution in [1.29, 1.82) is 0 Å². The largest absolute Gasteiger partial charge is 0.356 e. The van der Waals surface area contributed by atoms with Crippen LogP contribution in [0.3, 0.4) is 0 Å². The molecule has 0 aliphatic carbocycles. The third-order valence-electron chi connectivity index (χ3n) is 4.04. The van der Waals surface area contributed by atoms with Crippen LogP contribution in [0.1, 0.15) is 34.8 Å². The smallest absolute Gasteiger partial charge is 0.314 e. The first-order valence-electron chi connectivity index (χ1n) is 7.72. The summed E-state index contributed by atoms with van der Waals surface area (Å²) >= 11 is 1.72. The van der Waals surface area contributed by atoms with Gasteiger partial charge in [0.25, 0.3) is 0 Å². The lowest BCUT2D eigenvalue weighted by Crippen LogP contribution is -2.47. The Morgan fingerprint density at radius 1 is 1.45 bits per heavy atom. The fourth-order valence-corrected chi connectivity index (χ4v) is 3.61. The fourth-order valence-electron chi connectivity index (χ4n) is 2.63. The number of nitrogens with one attached hydrogen (secondary N) is 1. The van der Waals surface area contributed by atoms with Crippen LogP contribution in [0.15, 0.2) is 0 Å². The van der Waals surface area contributed by atoms with Gasteiger partial charge in [-0.1, -0.05) is 0 Å². The van der Waals surface area contributed by atoms with Gasteiger partial charge in [0.15, 0.2) is 0 Å². The van der Waals surface area contributed by atoms with E-state index in [1.54, 1.807) is 16.2 Å². The molecule has 1 aromatic heterocycles. The van der Waals surface area contributed by atoms with Crippen molar-refractivity contribution in [3.8, 4) is 0 Å². The number of aromatic nitrogens is 1. The standard InChI is InChI=1S/C15H24N4O2S/c1-10-11(2)22-13(18-10)6-3-7-17-14(20)12-5-4-8-19(9-12)15(16)21/h12H,3-9H2,1-2H3,(H2,16,21)(H,17,20)/t12-/m0/s1.